The van der Waals surface area contributed by atoms with Crippen LogP contribution in [0, 0.1) is 5.82 Å². The van der Waals surface area contributed by atoms with Gasteiger partial charge in [0.15, 0.2) is 11.5 Å². The van der Waals surface area contributed by atoms with Crippen LogP contribution in [-0.2, 0) is 12.8 Å². The van der Waals surface area contributed by atoms with Crippen LogP contribution in [0.25, 0.3) is 11.1 Å². The van der Waals surface area contributed by atoms with Crippen molar-refractivity contribution in [1.82, 2.24) is 9.97 Å². The van der Waals surface area contributed by atoms with E-state index in [4.69, 9.17) is 4.74 Å². The highest BCUT2D eigenvalue weighted by Gasteiger charge is 2.32. The summed E-state index contributed by atoms with van der Waals surface area (Å²) in [6, 6.07) is 10.1. The number of rotatable bonds is 6. The fraction of sp³-hybridized carbons (Fsp3) is 0.208. The predicted octanol–water partition coefficient (Wildman–Crippen LogP) is 6.01. The van der Waals surface area contributed by atoms with Gasteiger partial charge in [0, 0.05) is 17.3 Å². The van der Waals surface area contributed by atoms with Crippen molar-refractivity contribution < 1.29 is 32.2 Å². The van der Waals surface area contributed by atoms with Gasteiger partial charge in [-0.3, -0.25) is 0 Å². The SMILES string of the molecule is O=C(O)c1ccnc(C2=C(c3cc(C(F)(F)F)ccc3OCc3ccc(F)cc3)CCC2)n1. The van der Waals surface area contributed by atoms with Crippen LogP contribution in [-0.4, -0.2) is 21.0 Å². The Morgan fingerprint density at radius 1 is 1.03 bits per heavy atom. The van der Waals surface area contributed by atoms with E-state index in [1.807, 2.05) is 0 Å². The van der Waals surface area contributed by atoms with Gasteiger partial charge in [0.05, 0.1) is 5.56 Å². The lowest BCUT2D eigenvalue weighted by Gasteiger charge is -2.17. The molecule has 1 aromatic heterocycles. The number of hydrogen-bond donors (Lipinski definition) is 1. The topological polar surface area (TPSA) is 72.3 Å². The summed E-state index contributed by atoms with van der Waals surface area (Å²) >= 11 is 0. The second-order valence-electron chi connectivity index (χ2n) is 7.51. The molecule has 1 N–H and O–H groups in total. The van der Waals surface area contributed by atoms with Crippen LogP contribution in [0.15, 0.2) is 54.7 Å². The standard InChI is InChI=1S/C24H18F4N2O3/c25-16-7-4-14(5-8-16)13-33-21-9-6-15(24(26,27)28)12-19(21)17-2-1-3-18(17)22-29-11-10-20(30-22)23(31)32/h4-12H,1-3,13H2,(H,31,32). The summed E-state index contributed by atoms with van der Waals surface area (Å²) in [5.41, 5.74) is 1.05. The molecule has 0 atom stereocenters. The first-order valence-electron chi connectivity index (χ1n) is 10.1. The summed E-state index contributed by atoms with van der Waals surface area (Å²) in [5, 5.41) is 9.23. The van der Waals surface area contributed by atoms with Gasteiger partial charge in [-0.25, -0.2) is 19.2 Å². The number of carbonyl (C=O) groups is 1. The molecule has 3 aromatic rings. The zero-order valence-electron chi connectivity index (χ0n) is 17.2. The molecular formula is C24H18F4N2O3. The number of allylic oxidation sites excluding steroid dienone is 2. The summed E-state index contributed by atoms with van der Waals surface area (Å²) in [6.45, 7) is 0.0340. The van der Waals surface area contributed by atoms with Gasteiger partial charge in [0.1, 0.15) is 18.2 Å². The van der Waals surface area contributed by atoms with E-state index in [2.05, 4.69) is 9.97 Å². The molecule has 2 aromatic carbocycles. The fourth-order valence-electron chi connectivity index (χ4n) is 3.72. The fourth-order valence-corrected chi connectivity index (χ4v) is 3.72. The number of alkyl halides is 3. The highest BCUT2D eigenvalue weighted by molar-refractivity contribution is 5.93. The molecule has 0 bridgehead atoms. The lowest BCUT2D eigenvalue weighted by molar-refractivity contribution is -0.137. The average molecular weight is 458 g/mol. The third kappa shape index (κ3) is 5.02. The maximum absolute atomic E-state index is 13.5. The number of hydrogen-bond acceptors (Lipinski definition) is 4. The highest BCUT2D eigenvalue weighted by atomic mass is 19.4. The van der Waals surface area contributed by atoms with Crippen LogP contribution in [0.2, 0.25) is 0 Å². The zero-order valence-corrected chi connectivity index (χ0v) is 17.2. The van der Waals surface area contributed by atoms with Crippen molar-refractivity contribution >= 4 is 17.1 Å². The zero-order chi connectivity index (χ0) is 23.6. The Balaban J connectivity index is 1.77. The van der Waals surface area contributed by atoms with E-state index in [1.165, 1.54) is 42.6 Å². The number of halogens is 4. The van der Waals surface area contributed by atoms with Crippen LogP contribution in [0.5, 0.6) is 5.75 Å². The van der Waals surface area contributed by atoms with Crippen LogP contribution < -0.4 is 4.74 Å². The molecule has 170 valence electrons. The van der Waals surface area contributed by atoms with Gasteiger partial charge in [0.25, 0.3) is 0 Å². The Morgan fingerprint density at radius 2 is 1.76 bits per heavy atom. The second-order valence-corrected chi connectivity index (χ2v) is 7.51. The number of ether oxygens (including phenoxy) is 1. The minimum atomic E-state index is -4.55. The van der Waals surface area contributed by atoms with Crippen LogP contribution in [0.3, 0.4) is 0 Å². The Bertz CT molecular complexity index is 1220. The summed E-state index contributed by atoms with van der Waals surface area (Å²) < 4.78 is 59.3. The minimum Gasteiger partial charge on any atom is -0.488 e. The molecule has 5 nitrogen and oxygen atoms in total. The molecule has 0 unspecified atom stereocenters. The monoisotopic (exact) mass is 458 g/mol. The molecule has 0 saturated carbocycles. The third-order valence-electron chi connectivity index (χ3n) is 5.30. The summed E-state index contributed by atoms with van der Waals surface area (Å²) in [6.07, 6.45) is -1.63. The highest BCUT2D eigenvalue weighted by Crippen LogP contribution is 2.44. The first kappa shape index (κ1) is 22.4. The molecule has 1 aliphatic carbocycles. The van der Waals surface area contributed by atoms with Gasteiger partial charge in [-0.2, -0.15) is 13.2 Å². The molecular weight excluding hydrogens is 440 g/mol. The maximum atomic E-state index is 13.5. The van der Waals surface area contributed by atoms with Gasteiger partial charge in [-0.05, 0) is 66.8 Å². The van der Waals surface area contributed by atoms with Crippen molar-refractivity contribution in [3.05, 3.63) is 88.8 Å². The Hall–Kier alpha value is -3.75. The molecule has 1 aliphatic rings. The molecule has 0 amide bonds. The lowest BCUT2D eigenvalue weighted by atomic mass is 9.98. The van der Waals surface area contributed by atoms with Gasteiger partial charge in [0.2, 0.25) is 0 Å². The number of benzene rings is 2. The van der Waals surface area contributed by atoms with E-state index in [0.29, 0.717) is 36.0 Å². The average Bonchev–Trinajstić information content (AvgIpc) is 3.28. The molecule has 0 radical (unpaired) electrons. The second kappa shape index (κ2) is 9.01. The van der Waals surface area contributed by atoms with Crippen molar-refractivity contribution in [1.29, 1.82) is 0 Å². The first-order chi connectivity index (χ1) is 15.7. The third-order valence-corrected chi connectivity index (χ3v) is 5.30. The molecule has 0 fully saturated rings. The lowest BCUT2D eigenvalue weighted by Crippen LogP contribution is -2.07. The number of carboxylic acids is 1. The normalized spacial score (nSPS) is 13.9. The molecule has 4 rings (SSSR count). The molecule has 9 heteroatoms. The molecule has 1 heterocycles. The Labute approximate surface area is 186 Å². The molecule has 0 saturated heterocycles. The van der Waals surface area contributed by atoms with Crippen molar-refractivity contribution in [2.24, 2.45) is 0 Å². The molecule has 33 heavy (non-hydrogen) atoms. The number of aromatic carboxylic acids is 1. The quantitative estimate of drug-likeness (QED) is 0.459. The van der Waals surface area contributed by atoms with Gasteiger partial charge >= 0.3 is 12.1 Å². The number of aromatic nitrogens is 2. The van der Waals surface area contributed by atoms with Gasteiger partial charge in [-0.15, -0.1) is 0 Å². The van der Waals surface area contributed by atoms with E-state index in [0.717, 1.165) is 12.1 Å². The maximum Gasteiger partial charge on any atom is 0.416 e. The van der Waals surface area contributed by atoms with Crippen molar-refractivity contribution in [2.75, 3.05) is 0 Å². The molecule has 0 aliphatic heterocycles. The number of nitrogens with zero attached hydrogens (tertiary/aromatic N) is 2. The van der Waals surface area contributed by atoms with Gasteiger partial charge < -0.3 is 9.84 Å². The number of carboxylic acid groups (broad SMARTS) is 1. The summed E-state index contributed by atoms with van der Waals surface area (Å²) in [7, 11) is 0. The van der Waals surface area contributed by atoms with Gasteiger partial charge in [-0.1, -0.05) is 12.1 Å². The van der Waals surface area contributed by atoms with Crippen molar-refractivity contribution in [2.45, 2.75) is 32.0 Å². The summed E-state index contributed by atoms with van der Waals surface area (Å²) in [5.74, 6) is -1.22. The summed E-state index contributed by atoms with van der Waals surface area (Å²) in [4.78, 5) is 19.5. The first-order valence-corrected chi connectivity index (χ1v) is 10.1. The van der Waals surface area contributed by atoms with Crippen LogP contribution >= 0.6 is 0 Å². The Kier molecular flexibility index (Phi) is 6.13. The smallest absolute Gasteiger partial charge is 0.416 e. The van der Waals surface area contributed by atoms with Crippen LogP contribution in [0.4, 0.5) is 17.6 Å². The van der Waals surface area contributed by atoms with E-state index >= 15 is 0 Å². The van der Waals surface area contributed by atoms with E-state index in [-0.39, 0.29) is 29.4 Å². The Morgan fingerprint density at radius 3 is 2.45 bits per heavy atom. The van der Waals surface area contributed by atoms with E-state index in [1.54, 1.807) is 0 Å². The largest absolute Gasteiger partial charge is 0.488 e. The minimum absolute atomic E-state index is 0.0340. The molecule has 0 spiro atoms. The van der Waals surface area contributed by atoms with Crippen molar-refractivity contribution in [3.63, 3.8) is 0 Å². The van der Waals surface area contributed by atoms with Crippen molar-refractivity contribution in [3.8, 4) is 5.75 Å². The predicted molar refractivity (Wildman–Crippen MR) is 112 cm³/mol. The van der Waals surface area contributed by atoms with Crippen LogP contribution in [0.1, 0.15) is 52.3 Å². The van der Waals surface area contributed by atoms with E-state index in [9.17, 15) is 27.5 Å². The van der Waals surface area contributed by atoms with E-state index < -0.39 is 23.5 Å².